The van der Waals surface area contributed by atoms with Crippen LogP contribution in [0.15, 0.2) is 18.2 Å². The average molecular weight is 333 g/mol. The Morgan fingerprint density at radius 1 is 1.25 bits per heavy atom. The first-order valence-corrected chi connectivity index (χ1v) is 8.66. The summed E-state index contributed by atoms with van der Waals surface area (Å²) in [6.07, 6.45) is 3.33. The zero-order chi connectivity index (χ0) is 17.1. The van der Waals surface area contributed by atoms with Gasteiger partial charge in [0.25, 0.3) is 0 Å². The second-order valence-electron chi connectivity index (χ2n) is 6.80. The van der Waals surface area contributed by atoms with Gasteiger partial charge in [-0.1, -0.05) is 6.92 Å². The highest BCUT2D eigenvalue weighted by Gasteiger charge is 2.38. The van der Waals surface area contributed by atoms with E-state index in [0.717, 1.165) is 38.0 Å². The van der Waals surface area contributed by atoms with Crippen LogP contribution in [0.3, 0.4) is 0 Å². The predicted molar refractivity (Wildman–Crippen MR) is 91.4 cm³/mol. The van der Waals surface area contributed by atoms with Gasteiger partial charge >= 0.3 is 0 Å². The van der Waals surface area contributed by atoms with Gasteiger partial charge in [0.15, 0.2) is 0 Å². The van der Waals surface area contributed by atoms with Crippen LogP contribution in [0.4, 0.5) is 15.8 Å². The van der Waals surface area contributed by atoms with Gasteiger partial charge in [-0.05, 0) is 43.4 Å². The fraction of sp³-hybridized carbons (Fsp3) is 0.556. The van der Waals surface area contributed by atoms with Gasteiger partial charge in [0.2, 0.25) is 11.8 Å². The molecule has 6 heteroatoms. The molecule has 130 valence electrons. The Morgan fingerprint density at radius 2 is 1.96 bits per heavy atom. The van der Waals surface area contributed by atoms with Crippen LogP contribution < -0.4 is 15.5 Å². The molecule has 1 aromatic rings. The molecule has 1 aliphatic heterocycles. The Kier molecular flexibility index (Phi) is 5.02. The van der Waals surface area contributed by atoms with E-state index >= 15 is 0 Å². The van der Waals surface area contributed by atoms with Crippen molar-refractivity contribution in [3.05, 3.63) is 24.0 Å². The molecule has 1 saturated heterocycles. The lowest BCUT2D eigenvalue weighted by atomic mass is 10.2. The molecule has 1 aromatic carbocycles. The lowest BCUT2D eigenvalue weighted by Crippen LogP contribution is -2.29. The van der Waals surface area contributed by atoms with Crippen molar-refractivity contribution in [3.8, 4) is 0 Å². The maximum absolute atomic E-state index is 13.8. The van der Waals surface area contributed by atoms with Crippen LogP contribution in [-0.2, 0) is 9.59 Å². The maximum atomic E-state index is 13.8. The van der Waals surface area contributed by atoms with Crippen molar-refractivity contribution in [2.45, 2.75) is 32.6 Å². The molecular weight excluding hydrogens is 309 g/mol. The average Bonchev–Trinajstić information content (AvgIpc) is 3.03. The van der Waals surface area contributed by atoms with Crippen molar-refractivity contribution < 1.29 is 14.0 Å². The topological polar surface area (TPSA) is 61.4 Å². The van der Waals surface area contributed by atoms with E-state index in [9.17, 15) is 14.0 Å². The largest absolute Gasteiger partial charge is 0.371 e. The summed E-state index contributed by atoms with van der Waals surface area (Å²) in [7, 11) is 0. The summed E-state index contributed by atoms with van der Waals surface area (Å²) >= 11 is 0. The van der Waals surface area contributed by atoms with E-state index in [1.54, 1.807) is 6.07 Å². The smallest absolute Gasteiger partial charge is 0.226 e. The van der Waals surface area contributed by atoms with Crippen molar-refractivity contribution in [3.63, 3.8) is 0 Å². The van der Waals surface area contributed by atoms with Crippen LogP contribution in [0, 0.1) is 17.7 Å². The van der Waals surface area contributed by atoms with Gasteiger partial charge in [0, 0.05) is 43.3 Å². The van der Waals surface area contributed by atoms with E-state index in [1.807, 2.05) is 6.92 Å². The summed E-state index contributed by atoms with van der Waals surface area (Å²) in [5.41, 5.74) is 1.27. The Labute approximate surface area is 141 Å². The second-order valence-corrected chi connectivity index (χ2v) is 6.80. The van der Waals surface area contributed by atoms with Crippen LogP contribution in [0.5, 0.6) is 0 Å². The molecule has 0 radical (unpaired) electrons. The van der Waals surface area contributed by atoms with Crippen LogP contribution in [0.2, 0.25) is 0 Å². The lowest BCUT2D eigenvalue weighted by Gasteiger charge is -2.18. The fourth-order valence-corrected chi connectivity index (χ4v) is 3.15. The summed E-state index contributed by atoms with van der Waals surface area (Å²) in [6.45, 7) is 4.19. The summed E-state index contributed by atoms with van der Waals surface area (Å²) < 4.78 is 13.8. The Bertz CT molecular complexity index is 629. The zero-order valence-electron chi connectivity index (χ0n) is 14.0. The minimum absolute atomic E-state index is 0.0253. The first-order valence-electron chi connectivity index (χ1n) is 8.66. The SMILES string of the molecule is C[C@@H]1C[C@H]1C(=O)NCCC(=O)Nc1cc(F)cc(N2CCCC2)c1. The van der Waals surface area contributed by atoms with Gasteiger partial charge in [-0.15, -0.1) is 0 Å². The van der Waals surface area contributed by atoms with Crippen molar-refractivity contribution >= 4 is 23.2 Å². The van der Waals surface area contributed by atoms with Crippen molar-refractivity contribution in [2.24, 2.45) is 11.8 Å². The van der Waals surface area contributed by atoms with Crippen molar-refractivity contribution in [1.29, 1.82) is 0 Å². The maximum Gasteiger partial charge on any atom is 0.226 e. The number of hydrogen-bond donors (Lipinski definition) is 2. The number of amides is 2. The van der Waals surface area contributed by atoms with Crippen LogP contribution in [0.25, 0.3) is 0 Å². The number of rotatable bonds is 6. The Balaban J connectivity index is 1.49. The number of benzene rings is 1. The molecule has 0 aromatic heterocycles. The third-order valence-electron chi connectivity index (χ3n) is 4.74. The minimum Gasteiger partial charge on any atom is -0.371 e. The molecule has 1 heterocycles. The monoisotopic (exact) mass is 333 g/mol. The predicted octanol–water partition coefficient (Wildman–Crippen LogP) is 2.53. The van der Waals surface area contributed by atoms with Crippen molar-refractivity contribution in [2.75, 3.05) is 29.9 Å². The molecule has 1 saturated carbocycles. The summed E-state index contributed by atoms with van der Waals surface area (Å²) in [6, 6.07) is 4.62. The third kappa shape index (κ3) is 4.24. The fourth-order valence-electron chi connectivity index (χ4n) is 3.15. The molecule has 2 aliphatic rings. The molecule has 2 fully saturated rings. The standard InChI is InChI=1S/C18H24FN3O2/c1-12-8-16(12)18(24)20-5-4-17(23)21-14-9-13(19)10-15(11-14)22-6-2-3-7-22/h9-12,16H,2-8H2,1H3,(H,20,24)(H,21,23)/t12-,16-/m1/s1. The van der Waals surface area contributed by atoms with Crippen molar-refractivity contribution in [1.82, 2.24) is 5.32 Å². The highest BCUT2D eigenvalue weighted by Crippen LogP contribution is 2.37. The first-order chi connectivity index (χ1) is 11.5. The normalized spacial score (nSPS) is 22.3. The molecule has 5 nitrogen and oxygen atoms in total. The van der Waals surface area contributed by atoms with Gasteiger partial charge in [0.05, 0.1) is 0 Å². The molecule has 2 atom stereocenters. The first kappa shape index (κ1) is 16.7. The van der Waals surface area contributed by atoms with Gasteiger partial charge in [0.1, 0.15) is 5.82 Å². The number of nitrogens with one attached hydrogen (secondary N) is 2. The number of carbonyl (C=O) groups excluding carboxylic acids is 2. The summed E-state index contributed by atoms with van der Waals surface area (Å²) in [5, 5.41) is 5.49. The van der Waals surface area contributed by atoms with E-state index in [-0.39, 0.29) is 30.0 Å². The van der Waals surface area contributed by atoms with Crippen LogP contribution >= 0.6 is 0 Å². The number of halogens is 1. The number of hydrogen-bond acceptors (Lipinski definition) is 3. The Hall–Kier alpha value is -2.11. The van der Waals surface area contributed by atoms with Crippen LogP contribution in [-0.4, -0.2) is 31.4 Å². The zero-order valence-corrected chi connectivity index (χ0v) is 14.0. The summed E-state index contributed by atoms with van der Waals surface area (Å²) in [5.74, 6) is 0.00893. The molecule has 24 heavy (non-hydrogen) atoms. The third-order valence-corrected chi connectivity index (χ3v) is 4.74. The van der Waals surface area contributed by atoms with E-state index in [4.69, 9.17) is 0 Å². The second kappa shape index (κ2) is 7.20. The molecular formula is C18H24FN3O2. The molecule has 2 N–H and O–H groups in total. The molecule has 2 amide bonds. The quantitative estimate of drug-likeness (QED) is 0.841. The van der Waals surface area contributed by atoms with Gasteiger partial charge < -0.3 is 15.5 Å². The molecule has 3 rings (SSSR count). The lowest BCUT2D eigenvalue weighted by molar-refractivity contribution is -0.122. The van der Waals surface area contributed by atoms with E-state index in [0.29, 0.717) is 18.2 Å². The van der Waals surface area contributed by atoms with Gasteiger partial charge in [-0.2, -0.15) is 0 Å². The molecule has 0 bridgehead atoms. The molecule has 1 aliphatic carbocycles. The van der Waals surface area contributed by atoms with E-state index in [1.165, 1.54) is 12.1 Å². The number of anilines is 2. The van der Waals surface area contributed by atoms with Gasteiger partial charge in [-0.25, -0.2) is 4.39 Å². The molecule has 0 spiro atoms. The van der Waals surface area contributed by atoms with Gasteiger partial charge in [-0.3, -0.25) is 9.59 Å². The highest BCUT2D eigenvalue weighted by molar-refractivity contribution is 5.92. The van der Waals surface area contributed by atoms with E-state index in [2.05, 4.69) is 15.5 Å². The highest BCUT2D eigenvalue weighted by atomic mass is 19.1. The number of nitrogens with zero attached hydrogens (tertiary/aromatic N) is 1. The minimum atomic E-state index is -0.356. The van der Waals surface area contributed by atoms with E-state index < -0.39 is 0 Å². The van der Waals surface area contributed by atoms with Crippen LogP contribution in [0.1, 0.15) is 32.6 Å². The number of carbonyl (C=O) groups is 2. The molecule has 0 unspecified atom stereocenters. The Morgan fingerprint density at radius 3 is 2.62 bits per heavy atom. The summed E-state index contributed by atoms with van der Waals surface area (Å²) in [4.78, 5) is 25.8.